The van der Waals surface area contributed by atoms with Crippen molar-refractivity contribution in [2.75, 3.05) is 36.5 Å². The van der Waals surface area contributed by atoms with Gasteiger partial charge < -0.3 is 26.0 Å². The van der Waals surface area contributed by atoms with Crippen molar-refractivity contribution < 1.29 is 23.1 Å². The molecule has 9 heteroatoms. The molecular weight excluding hydrogens is 406 g/mol. The van der Waals surface area contributed by atoms with Crippen molar-refractivity contribution in [1.82, 2.24) is 5.32 Å². The van der Waals surface area contributed by atoms with E-state index in [4.69, 9.17) is 10.5 Å². The van der Waals surface area contributed by atoms with E-state index in [0.29, 0.717) is 43.2 Å². The third-order valence-corrected chi connectivity index (χ3v) is 5.06. The minimum Gasteiger partial charge on any atom is -0.377 e. The molecule has 1 heterocycles. The molecule has 0 bridgehead atoms. The van der Waals surface area contributed by atoms with Crippen LogP contribution >= 0.6 is 0 Å². The molecule has 0 aliphatic carbocycles. The fourth-order valence-electron chi connectivity index (χ4n) is 3.60. The first kappa shape index (κ1) is 22.6. The van der Waals surface area contributed by atoms with Crippen LogP contribution in [0.25, 0.3) is 0 Å². The predicted octanol–water partition coefficient (Wildman–Crippen LogP) is 2.52. The van der Waals surface area contributed by atoms with E-state index in [-0.39, 0.29) is 23.6 Å². The van der Waals surface area contributed by atoms with E-state index in [1.54, 1.807) is 18.2 Å². The van der Waals surface area contributed by atoms with E-state index in [2.05, 4.69) is 15.5 Å². The SMILES string of the molecule is CC1COCC(C)N1c1ccc(C(=O)NCCN)cc1NC(=O)c1ccc(F)c(F)c1. The summed E-state index contributed by atoms with van der Waals surface area (Å²) in [6, 6.07) is 7.98. The second-order valence-electron chi connectivity index (χ2n) is 7.50. The molecule has 4 N–H and O–H groups in total. The number of nitrogens with zero attached hydrogens (tertiary/aromatic N) is 1. The molecule has 2 aromatic rings. The first-order valence-electron chi connectivity index (χ1n) is 10.1. The van der Waals surface area contributed by atoms with Crippen molar-refractivity contribution in [3.8, 4) is 0 Å². The molecule has 1 aliphatic rings. The van der Waals surface area contributed by atoms with Crippen molar-refractivity contribution in [1.29, 1.82) is 0 Å². The van der Waals surface area contributed by atoms with E-state index in [0.717, 1.165) is 12.1 Å². The lowest BCUT2D eigenvalue weighted by atomic mass is 10.1. The lowest BCUT2D eigenvalue weighted by Crippen LogP contribution is -2.50. The Kier molecular flexibility index (Phi) is 7.19. The number of carbonyl (C=O) groups is 2. The minimum absolute atomic E-state index is 0.0274. The number of nitrogens with one attached hydrogen (secondary N) is 2. The van der Waals surface area contributed by atoms with Crippen LogP contribution in [0.3, 0.4) is 0 Å². The van der Waals surface area contributed by atoms with E-state index in [1.807, 2.05) is 13.8 Å². The summed E-state index contributed by atoms with van der Waals surface area (Å²) in [5.41, 5.74) is 6.83. The van der Waals surface area contributed by atoms with Crippen molar-refractivity contribution in [3.05, 3.63) is 59.2 Å². The van der Waals surface area contributed by atoms with Gasteiger partial charge in [0.05, 0.1) is 24.6 Å². The highest BCUT2D eigenvalue weighted by molar-refractivity contribution is 6.07. The largest absolute Gasteiger partial charge is 0.377 e. The number of amides is 2. The summed E-state index contributed by atoms with van der Waals surface area (Å²) in [6.45, 7) is 5.64. The number of benzene rings is 2. The maximum absolute atomic E-state index is 13.6. The molecule has 166 valence electrons. The molecule has 0 radical (unpaired) electrons. The summed E-state index contributed by atoms with van der Waals surface area (Å²) in [5, 5.41) is 5.44. The number of hydrogen-bond donors (Lipinski definition) is 3. The second-order valence-corrected chi connectivity index (χ2v) is 7.50. The average molecular weight is 432 g/mol. The van der Waals surface area contributed by atoms with Gasteiger partial charge in [-0.3, -0.25) is 9.59 Å². The monoisotopic (exact) mass is 432 g/mol. The number of carbonyl (C=O) groups excluding carboxylic acids is 2. The van der Waals surface area contributed by atoms with Gasteiger partial charge in [0.2, 0.25) is 0 Å². The highest BCUT2D eigenvalue weighted by atomic mass is 19.2. The van der Waals surface area contributed by atoms with Crippen LogP contribution in [0.5, 0.6) is 0 Å². The summed E-state index contributed by atoms with van der Waals surface area (Å²) in [7, 11) is 0. The van der Waals surface area contributed by atoms with Crippen molar-refractivity contribution >= 4 is 23.2 Å². The smallest absolute Gasteiger partial charge is 0.255 e. The van der Waals surface area contributed by atoms with Gasteiger partial charge in [-0.1, -0.05) is 0 Å². The van der Waals surface area contributed by atoms with Gasteiger partial charge in [-0.15, -0.1) is 0 Å². The Bertz CT molecular complexity index is 960. The molecule has 0 aromatic heterocycles. The Balaban J connectivity index is 1.97. The lowest BCUT2D eigenvalue weighted by Gasteiger charge is -2.41. The van der Waals surface area contributed by atoms with Crippen LogP contribution in [0.15, 0.2) is 36.4 Å². The number of anilines is 2. The standard InChI is InChI=1S/C22H26F2N4O3/c1-13-11-31-12-14(2)28(13)20-6-4-16(21(29)26-8-7-25)10-19(20)27-22(30)15-3-5-17(23)18(24)9-15/h3-6,9-10,13-14H,7-8,11-12,25H2,1-2H3,(H,26,29)(H,27,30). The summed E-state index contributed by atoms with van der Waals surface area (Å²) in [4.78, 5) is 27.3. The van der Waals surface area contributed by atoms with E-state index < -0.39 is 17.5 Å². The van der Waals surface area contributed by atoms with Gasteiger partial charge in [0.1, 0.15) is 0 Å². The van der Waals surface area contributed by atoms with E-state index >= 15 is 0 Å². The topological polar surface area (TPSA) is 96.7 Å². The Hall–Kier alpha value is -3.04. The molecule has 0 saturated carbocycles. The number of rotatable bonds is 6. The number of halogens is 2. The normalized spacial score (nSPS) is 18.5. The number of hydrogen-bond acceptors (Lipinski definition) is 5. The zero-order valence-corrected chi connectivity index (χ0v) is 17.5. The van der Waals surface area contributed by atoms with Crippen molar-refractivity contribution in [2.24, 2.45) is 5.73 Å². The minimum atomic E-state index is -1.11. The third-order valence-electron chi connectivity index (χ3n) is 5.06. The Morgan fingerprint density at radius 1 is 1.03 bits per heavy atom. The zero-order valence-electron chi connectivity index (χ0n) is 17.5. The molecule has 1 fully saturated rings. The molecule has 2 atom stereocenters. The number of ether oxygens (including phenoxy) is 1. The highest BCUT2D eigenvalue weighted by Gasteiger charge is 2.28. The lowest BCUT2D eigenvalue weighted by molar-refractivity contribution is 0.0757. The van der Waals surface area contributed by atoms with Crippen LogP contribution in [0.4, 0.5) is 20.2 Å². The molecule has 2 aromatic carbocycles. The molecule has 7 nitrogen and oxygen atoms in total. The summed E-state index contributed by atoms with van der Waals surface area (Å²) < 4.78 is 32.4. The average Bonchev–Trinajstić information content (AvgIpc) is 2.74. The van der Waals surface area contributed by atoms with Gasteiger partial charge >= 0.3 is 0 Å². The first-order valence-corrected chi connectivity index (χ1v) is 10.1. The molecule has 31 heavy (non-hydrogen) atoms. The molecule has 3 rings (SSSR count). The summed E-state index contributed by atoms with van der Waals surface area (Å²) in [5.74, 6) is -3.10. The van der Waals surface area contributed by atoms with Gasteiger partial charge in [-0.05, 0) is 50.2 Å². The van der Waals surface area contributed by atoms with Crippen LogP contribution in [0.2, 0.25) is 0 Å². The molecular formula is C22H26F2N4O3. The third kappa shape index (κ3) is 5.18. The van der Waals surface area contributed by atoms with Crippen LogP contribution in [0, 0.1) is 11.6 Å². The van der Waals surface area contributed by atoms with Crippen LogP contribution in [-0.2, 0) is 4.74 Å². The van der Waals surface area contributed by atoms with Crippen LogP contribution < -0.4 is 21.3 Å². The second kappa shape index (κ2) is 9.84. The van der Waals surface area contributed by atoms with Gasteiger partial charge in [-0.2, -0.15) is 0 Å². The Morgan fingerprint density at radius 3 is 2.32 bits per heavy atom. The molecule has 1 aliphatic heterocycles. The zero-order chi connectivity index (χ0) is 22.5. The number of nitrogens with two attached hydrogens (primary N) is 1. The number of morpholine rings is 1. The van der Waals surface area contributed by atoms with Gasteiger partial charge in [0.15, 0.2) is 11.6 Å². The molecule has 0 spiro atoms. The Labute approximate surface area is 179 Å². The fraction of sp³-hybridized carbons (Fsp3) is 0.364. The van der Waals surface area contributed by atoms with Crippen LogP contribution in [0.1, 0.15) is 34.6 Å². The first-order chi connectivity index (χ1) is 14.8. The molecule has 1 saturated heterocycles. The van der Waals surface area contributed by atoms with Crippen molar-refractivity contribution in [2.45, 2.75) is 25.9 Å². The molecule has 2 unspecified atom stereocenters. The van der Waals surface area contributed by atoms with E-state index in [1.165, 1.54) is 6.07 Å². The van der Waals surface area contributed by atoms with Crippen LogP contribution in [-0.4, -0.2) is 50.2 Å². The Morgan fingerprint density at radius 2 is 1.68 bits per heavy atom. The highest BCUT2D eigenvalue weighted by Crippen LogP contribution is 2.32. The van der Waals surface area contributed by atoms with Crippen molar-refractivity contribution in [3.63, 3.8) is 0 Å². The van der Waals surface area contributed by atoms with Gasteiger partial charge in [0, 0.05) is 36.3 Å². The maximum atomic E-state index is 13.6. The predicted molar refractivity (Wildman–Crippen MR) is 114 cm³/mol. The van der Waals surface area contributed by atoms with Gasteiger partial charge in [-0.25, -0.2) is 8.78 Å². The summed E-state index contributed by atoms with van der Waals surface area (Å²) in [6.07, 6.45) is 0. The van der Waals surface area contributed by atoms with Gasteiger partial charge in [0.25, 0.3) is 11.8 Å². The summed E-state index contributed by atoms with van der Waals surface area (Å²) >= 11 is 0. The molecule has 2 amide bonds. The maximum Gasteiger partial charge on any atom is 0.255 e. The quantitative estimate of drug-likeness (QED) is 0.652. The fourth-order valence-corrected chi connectivity index (χ4v) is 3.60. The van der Waals surface area contributed by atoms with E-state index in [9.17, 15) is 18.4 Å².